The van der Waals surface area contributed by atoms with Gasteiger partial charge in [0.15, 0.2) is 0 Å². The van der Waals surface area contributed by atoms with Crippen LogP contribution >= 0.6 is 0 Å². The van der Waals surface area contributed by atoms with Gasteiger partial charge < -0.3 is 4.74 Å². The van der Waals surface area contributed by atoms with E-state index in [9.17, 15) is 0 Å². The van der Waals surface area contributed by atoms with Crippen LogP contribution in [0.15, 0.2) is 54.6 Å². The SMILES string of the molecule is CCCCC1[C]c2cc(OCc3ccc4ccccc4n3)ccc2CC1. The van der Waals surface area contributed by atoms with Crippen LogP contribution in [-0.4, -0.2) is 4.98 Å². The minimum atomic E-state index is 0.489. The molecule has 2 heteroatoms. The number of nitrogens with zero attached hydrogens (tertiary/aromatic N) is 1. The van der Waals surface area contributed by atoms with Crippen molar-refractivity contribution in [3.63, 3.8) is 0 Å². The molecule has 0 aliphatic heterocycles. The number of aromatic nitrogens is 1. The van der Waals surface area contributed by atoms with Gasteiger partial charge in [-0.2, -0.15) is 0 Å². The van der Waals surface area contributed by atoms with Crippen LogP contribution in [0.3, 0.4) is 0 Å². The van der Waals surface area contributed by atoms with Crippen molar-refractivity contribution in [1.82, 2.24) is 4.98 Å². The van der Waals surface area contributed by atoms with Gasteiger partial charge in [-0.3, -0.25) is 0 Å². The standard InChI is InChI=1S/C24H25NO/c1-2-3-6-18-9-10-19-12-14-23(16-21(19)15-18)26-17-22-13-11-20-7-4-5-8-24(20)25-22/h4-5,7-8,11-14,16,18H,2-3,6,9-10,17H2,1H3. The van der Waals surface area contributed by atoms with Crippen LogP contribution in [0.2, 0.25) is 0 Å². The third kappa shape index (κ3) is 3.90. The molecule has 0 amide bonds. The lowest BCUT2D eigenvalue weighted by molar-refractivity contribution is 0.301. The number of pyridine rings is 1. The Kier molecular flexibility index (Phi) is 5.19. The Balaban J connectivity index is 1.43. The van der Waals surface area contributed by atoms with Crippen LogP contribution in [0.4, 0.5) is 0 Å². The molecule has 0 N–H and O–H groups in total. The number of fused-ring (bicyclic) bond motifs is 2. The molecular weight excluding hydrogens is 318 g/mol. The van der Waals surface area contributed by atoms with Crippen molar-refractivity contribution in [3.8, 4) is 5.75 Å². The average Bonchev–Trinajstić information content (AvgIpc) is 2.70. The van der Waals surface area contributed by atoms with Crippen molar-refractivity contribution in [1.29, 1.82) is 0 Å². The van der Waals surface area contributed by atoms with Crippen molar-refractivity contribution >= 4 is 10.9 Å². The van der Waals surface area contributed by atoms with E-state index in [0.29, 0.717) is 12.5 Å². The van der Waals surface area contributed by atoms with Crippen molar-refractivity contribution in [2.45, 2.75) is 45.6 Å². The zero-order valence-electron chi connectivity index (χ0n) is 15.4. The molecule has 26 heavy (non-hydrogen) atoms. The highest BCUT2D eigenvalue weighted by molar-refractivity contribution is 5.78. The predicted octanol–water partition coefficient (Wildman–Crippen LogP) is 6.00. The third-order valence-electron chi connectivity index (χ3n) is 5.15. The molecule has 132 valence electrons. The smallest absolute Gasteiger partial charge is 0.130 e. The first-order valence-corrected chi connectivity index (χ1v) is 9.69. The second-order valence-electron chi connectivity index (χ2n) is 7.13. The molecule has 0 saturated carbocycles. The second-order valence-corrected chi connectivity index (χ2v) is 7.13. The Labute approximate surface area is 156 Å². The summed E-state index contributed by atoms with van der Waals surface area (Å²) in [5, 5.41) is 1.16. The summed E-state index contributed by atoms with van der Waals surface area (Å²) < 4.78 is 6.02. The average molecular weight is 343 g/mol. The lowest BCUT2D eigenvalue weighted by Gasteiger charge is -2.24. The molecule has 4 rings (SSSR count). The number of hydrogen-bond donors (Lipinski definition) is 0. The normalized spacial score (nSPS) is 16.4. The highest BCUT2D eigenvalue weighted by Gasteiger charge is 2.19. The molecule has 1 heterocycles. The maximum atomic E-state index is 6.02. The summed E-state index contributed by atoms with van der Waals surface area (Å²) in [6.45, 7) is 2.74. The van der Waals surface area contributed by atoms with Gasteiger partial charge in [0.1, 0.15) is 12.4 Å². The molecule has 2 nitrogen and oxygen atoms in total. The molecule has 2 aromatic carbocycles. The van der Waals surface area contributed by atoms with Crippen molar-refractivity contribution in [2.24, 2.45) is 5.92 Å². The summed E-state index contributed by atoms with van der Waals surface area (Å²) in [5.74, 6) is 1.50. The molecule has 1 aliphatic rings. The van der Waals surface area contributed by atoms with Gasteiger partial charge in [0.25, 0.3) is 0 Å². The summed E-state index contributed by atoms with van der Waals surface area (Å²) in [6, 6.07) is 18.7. The Hall–Kier alpha value is -2.35. The number of para-hydroxylation sites is 1. The summed E-state index contributed by atoms with van der Waals surface area (Å²) in [6.07, 6.45) is 9.88. The van der Waals surface area contributed by atoms with Gasteiger partial charge in [0.05, 0.1) is 11.2 Å². The zero-order chi connectivity index (χ0) is 17.8. The topological polar surface area (TPSA) is 22.1 Å². The molecule has 3 aromatic rings. The van der Waals surface area contributed by atoms with E-state index in [4.69, 9.17) is 4.74 Å². The lowest BCUT2D eigenvalue weighted by atomic mass is 9.81. The third-order valence-corrected chi connectivity index (χ3v) is 5.15. The lowest BCUT2D eigenvalue weighted by Crippen LogP contribution is -2.12. The van der Waals surface area contributed by atoms with Gasteiger partial charge in [-0.25, -0.2) is 4.98 Å². The Bertz CT molecular complexity index is 886. The van der Waals surface area contributed by atoms with Gasteiger partial charge in [-0.1, -0.05) is 50.1 Å². The van der Waals surface area contributed by atoms with Crippen LogP contribution in [0.25, 0.3) is 10.9 Å². The maximum Gasteiger partial charge on any atom is 0.130 e. The van der Waals surface area contributed by atoms with Crippen LogP contribution in [0.1, 0.15) is 49.4 Å². The van der Waals surface area contributed by atoms with E-state index in [1.165, 1.54) is 36.8 Å². The fourth-order valence-corrected chi connectivity index (χ4v) is 3.63. The van der Waals surface area contributed by atoms with Crippen molar-refractivity contribution < 1.29 is 4.74 Å². The highest BCUT2D eigenvalue weighted by atomic mass is 16.5. The predicted molar refractivity (Wildman–Crippen MR) is 106 cm³/mol. The fourth-order valence-electron chi connectivity index (χ4n) is 3.63. The van der Waals surface area contributed by atoms with E-state index in [2.05, 4.69) is 48.7 Å². The van der Waals surface area contributed by atoms with Gasteiger partial charge in [0.2, 0.25) is 0 Å². The second kappa shape index (κ2) is 7.90. The van der Waals surface area contributed by atoms with E-state index in [1.54, 1.807) is 0 Å². The first-order valence-electron chi connectivity index (χ1n) is 9.69. The zero-order valence-corrected chi connectivity index (χ0v) is 15.4. The van der Waals surface area contributed by atoms with Crippen LogP contribution in [0.5, 0.6) is 5.75 Å². The number of benzene rings is 2. The Morgan fingerprint density at radius 1 is 1.12 bits per heavy atom. The van der Waals surface area contributed by atoms with Crippen LogP contribution in [-0.2, 0) is 13.0 Å². The quantitative estimate of drug-likeness (QED) is 0.548. The van der Waals surface area contributed by atoms with Crippen molar-refractivity contribution in [2.75, 3.05) is 0 Å². The molecule has 1 aliphatic carbocycles. The summed E-state index contributed by atoms with van der Waals surface area (Å²) >= 11 is 0. The van der Waals surface area contributed by atoms with Crippen molar-refractivity contribution in [3.05, 3.63) is 77.8 Å². The molecule has 1 aromatic heterocycles. The molecule has 0 saturated heterocycles. The number of hydrogen-bond acceptors (Lipinski definition) is 2. The van der Waals surface area contributed by atoms with Gasteiger partial charge in [-0.05, 0) is 60.6 Å². The molecular formula is C24H25NO. The molecule has 0 bridgehead atoms. The maximum absolute atomic E-state index is 6.02. The van der Waals surface area contributed by atoms with Gasteiger partial charge in [-0.15, -0.1) is 0 Å². The fraction of sp³-hybridized carbons (Fsp3) is 0.333. The van der Waals surface area contributed by atoms with E-state index < -0.39 is 0 Å². The monoisotopic (exact) mass is 343 g/mol. The minimum Gasteiger partial charge on any atom is -0.487 e. The molecule has 1 unspecified atom stereocenters. The highest BCUT2D eigenvalue weighted by Crippen LogP contribution is 2.32. The van der Waals surface area contributed by atoms with E-state index in [1.807, 2.05) is 24.3 Å². The Morgan fingerprint density at radius 2 is 2.04 bits per heavy atom. The first kappa shape index (κ1) is 17.1. The van der Waals surface area contributed by atoms with E-state index >= 15 is 0 Å². The summed E-state index contributed by atoms with van der Waals surface area (Å²) in [7, 11) is 0. The molecule has 0 fully saturated rings. The number of unbranched alkanes of at least 4 members (excludes halogenated alkanes) is 1. The van der Waals surface area contributed by atoms with Crippen LogP contribution < -0.4 is 4.74 Å². The number of ether oxygens (including phenoxy) is 1. The Morgan fingerprint density at radius 3 is 2.96 bits per heavy atom. The molecule has 2 radical (unpaired) electrons. The number of rotatable bonds is 6. The number of aryl methyl sites for hydroxylation is 1. The van der Waals surface area contributed by atoms with Gasteiger partial charge in [0, 0.05) is 11.8 Å². The molecule has 0 spiro atoms. The van der Waals surface area contributed by atoms with Gasteiger partial charge >= 0.3 is 0 Å². The summed E-state index contributed by atoms with van der Waals surface area (Å²) in [4.78, 5) is 4.68. The first-order chi connectivity index (χ1) is 12.8. The van der Waals surface area contributed by atoms with E-state index in [-0.39, 0.29) is 0 Å². The van der Waals surface area contributed by atoms with Crippen LogP contribution in [0, 0.1) is 12.3 Å². The summed E-state index contributed by atoms with van der Waals surface area (Å²) in [5.41, 5.74) is 4.60. The largest absolute Gasteiger partial charge is 0.487 e. The minimum absolute atomic E-state index is 0.489. The van der Waals surface area contributed by atoms with E-state index in [0.717, 1.165) is 28.8 Å². The molecule has 1 atom stereocenters.